The van der Waals surface area contributed by atoms with Gasteiger partial charge < -0.3 is 15.4 Å². The minimum absolute atomic E-state index is 0.109. The van der Waals surface area contributed by atoms with E-state index >= 15 is 0 Å². The molecule has 29 heavy (non-hydrogen) atoms. The molecule has 0 atom stereocenters. The lowest BCUT2D eigenvalue weighted by atomic mass is 10.1. The predicted octanol–water partition coefficient (Wildman–Crippen LogP) is 4.88. The highest BCUT2D eigenvalue weighted by Gasteiger charge is 2.09. The molecule has 0 fully saturated rings. The molecule has 3 rings (SSSR count). The molecule has 2 N–H and O–H groups in total. The van der Waals surface area contributed by atoms with Crippen LogP contribution >= 0.6 is 0 Å². The fourth-order valence-corrected chi connectivity index (χ4v) is 2.90. The molecule has 3 aromatic carbocycles. The van der Waals surface area contributed by atoms with E-state index in [1.54, 1.807) is 24.3 Å². The van der Waals surface area contributed by atoms with E-state index in [1.807, 2.05) is 63.2 Å². The lowest BCUT2D eigenvalue weighted by Crippen LogP contribution is -2.20. The first-order chi connectivity index (χ1) is 13.9. The van der Waals surface area contributed by atoms with E-state index in [4.69, 9.17) is 4.74 Å². The van der Waals surface area contributed by atoms with Gasteiger partial charge in [-0.2, -0.15) is 0 Å². The van der Waals surface area contributed by atoms with Crippen LogP contribution in [0, 0.1) is 20.8 Å². The first-order valence-corrected chi connectivity index (χ1v) is 9.39. The van der Waals surface area contributed by atoms with Crippen LogP contribution in [-0.4, -0.2) is 18.4 Å². The predicted molar refractivity (Wildman–Crippen MR) is 116 cm³/mol. The van der Waals surface area contributed by atoms with Gasteiger partial charge in [-0.05, 0) is 68.3 Å². The molecular weight excluding hydrogens is 364 g/mol. The quantitative estimate of drug-likeness (QED) is 0.632. The number of carbonyl (C=O) groups excluding carboxylic acids is 2. The Hall–Kier alpha value is -3.60. The Labute approximate surface area is 170 Å². The molecule has 0 heterocycles. The second-order valence-electron chi connectivity index (χ2n) is 6.95. The maximum absolute atomic E-state index is 12.4. The summed E-state index contributed by atoms with van der Waals surface area (Å²) in [5, 5.41) is 5.73. The summed E-state index contributed by atoms with van der Waals surface area (Å²) in [6, 6.07) is 20.1. The standard InChI is InChI=1S/C24H24N2O3/c1-16-8-13-22(18(3)14-16)26-24(28)19-9-11-20(12-10-19)29-15-23(27)25-21-7-5-4-6-17(21)2/h4-14H,15H2,1-3H3,(H,25,27)(H,26,28). The average molecular weight is 388 g/mol. The van der Waals surface area contributed by atoms with Crippen LogP contribution in [0.3, 0.4) is 0 Å². The average Bonchev–Trinajstić information content (AvgIpc) is 2.70. The molecule has 0 aromatic heterocycles. The smallest absolute Gasteiger partial charge is 0.262 e. The number of amides is 2. The molecule has 0 bridgehead atoms. The molecule has 3 aromatic rings. The summed E-state index contributed by atoms with van der Waals surface area (Å²) in [4.78, 5) is 24.5. The molecule has 0 aliphatic heterocycles. The number of benzene rings is 3. The van der Waals surface area contributed by atoms with Crippen LogP contribution in [0.5, 0.6) is 5.75 Å². The highest BCUT2D eigenvalue weighted by atomic mass is 16.5. The Morgan fingerprint density at radius 2 is 1.48 bits per heavy atom. The fourth-order valence-electron chi connectivity index (χ4n) is 2.90. The monoisotopic (exact) mass is 388 g/mol. The van der Waals surface area contributed by atoms with Crippen LogP contribution in [0.25, 0.3) is 0 Å². The zero-order valence-corrected chi connectivity index (χ0v) is 16.8. The normalized spacial score (nSPS) is 10.3. The number of hydrogen-bond acceptors (Lipinski definition) is 3. The number of hydrogen-bond donors (Lipinski definition) is 2. The van der Waals surface area contributed by atoms with Crippen molar-refractivity contribution in [3.63, 3.8) is 0 Å². The molecule has 148 valence electrons. The summed E-state index contributed by atoms with van der Waals surface area (Å²) in [6.45, 7) is 5.79. The molecule has 0 aliphatic carbocycles. The van der Waals surface area contributed by atoms with Crippen LogP contribution in [0.15, 0.2) is 66.7 Å². The Morgan fingerprint density at radius 1 is 0.793 bits per heavy atom. The van der Waals surface area contributed by atoms with Crippen LogP contribution in [0.1, 0.15) is 27.0 Å². The molecule has 0 saturated heterocycles. The summed E-state index contributed by atoms with van der Waals surface area (Å²) >= 11 is 0. The number of rotatable bonds is 6. The number of anilines is 2. The van der Waals surface area contributed by atoms with Gasteiger partial charge in [-0.3, -0.25) is 9.59 Å². The van der Waals surface area contributed by atoms with Crippen molar-refractivity contribution in [2.45, 2.75) is 20.8 Å². The van der Waals surface area contributed by atoms with Gasteiger partial charge in [0.25, 0.3) is 11.8 Å². The third-order valence-corrected chi connectivity index (χ3v) is 4.54. The molecule has 0 unspecified atom stereocenters. The van der Waals surface area contributed by atoms with Gasteiger partial charge in [-0.1, -0.05) is 35.9 Å². The zero-order valence-electron chi connectivity index (χ0n) is 16.8. The van der Waals surface area contributed by atoms with E-state index in [-0.39, 0.29) is 18.4 Å². The maximum Gasteiger partial charge on any atom is 0.262 e. The van der Waals surface area contributed by atoms with Crippen LogP contribution in [0.2, 0.25) is 0 Å². The summed E-state index contributed by atoms with van der Waals surface area (Å²) < 4.78 is 5.52. The van der Waals surface area contributed by atoms with Crippen molar-refractivity contribution in [2.24, 2.45) is 0 Å². The Bertz CT molecular complexity index is 1030. The number of ether oxygens (including phenoxy) is 1. The molecule has 2 amide bonds. The molecule has 5 nitrogen and oxygen atoms in total. The van der Waals surface area contributed by atoms with E-state index < -0.39 is 0 Å². The Kier molecular flexibility index (Phi) is 6.29. The van der Waals surface area contributed by atoms with Crippen molar-refractivity contribution in [3.05, 3.63) is 89.0 Å². The molecule has 0 saturated carbocycles. The van der Waals surface area contributed by atoms with Crippen LogP contribution in [0.4, 0.5) is 11.4 Å². The summed E-state index contributed by atoms with van der Waals surface area (Å²) in [6.07, 6.45) is 0. The van der Waals surface area contributed by atoms with E-state index in [0.717, 1.165) is 28.1 Å². The summed E-state index contributed by atoms with van der Waals surface area (Å²) in [7, 11) is 0. The van der Waals surface area contributed by atoms with E-state index in [1.165, 1.54) is 0 Å². The third kappa shape index (κ3) is 5.45. The van der Waals surface area contributed by atoms with E-state index in [2.05, 4.69) is 10.6 Å². The van der Waals surface area contributed by atoms with Crippen molar-refractivity contribution in [3.8, 4) is 5.75 Å². The second-order valence-corrected chi connectivity index (χ2v) is 6.95. The van der Waals surface area contributed by atoms with Gasteiger partial charge in [0.15, 0.2) is 6.61 Å². The van der Waals surface area contributed by atoms with Gasteiger partial charge in [0.2, 0.25) is 0 Å². The number of aryl methyl sites for hydroxylation is 3. The zero-order chi connectivity index (χ0) is 20.8. The molecule has 0 spiro atoms. The van der Waals surface area contributed by atoms with Crippen molar-refractivity contribution >= 4 is 23.2 Å². The fraction of sp³-hybridized carbons (Fsp3) is 0.167. The Balaban J connectivity index is 1.55. The first kappa shape index (κ1) is 20.1. The molecule has 0 radical (unpaired) electrons. The minimum atomic E-state index is -0.240. The summed E-state index contributed by atoms with van der Waals surface area (Å²) in [5.74, 6) is 0.0877. The van der Waals surface area contributed by atoms with Crippen molar-refractivity contribution < 1.29 is 14.3 Å². The molecular formula is C24H24N2O3. The van der Waals surface area contributed by atoms with Crippen molar-refractivity contribution in [1.82, 2.24) is 0 Å². The van der Waals surface area contributed by atoms with Gasteiger partial charge in [-0.15, -0.1) is 0 Å². The van der Waals surface area contributed by atoms with Gasteiger partial charge in [0.1, 0.15) is 5.75 Å². The highest BCUT2D eigenvalue weighted by Crippen LogP contribution is 2.19. The van der Waals surface area contributed by atoms with Crippen molar-refractivity contribution in [2.75, 3.05) is 17.2 Å². The van der Waals surface area contributed by atoms with Crippen LogP contribution < -0.4 is 15.4 Å². The second kappa shape index (κ2) is 9.06. The van der Waals surface area contributed by atoms with Gasteiger partial charge >= 0.3 is 0 Å². The topological polar surface area (TPSA) is 67.4 Å². The number of para-hydroxylation sites is 1. The minimum Gasteiger partial charge on any atom is -0.484 e. The van der Waals surface area contributed by atoms with Gasteiger partial charge in [0.05, 0.1) is 0 Å². The van der Waals surface area contributed by atoms with E-state index in [0.29, 0.717) is 11.3 Å². The molecule has 5 heteroatoms. The number of nitrogens with one attached hydrogen (secondary N) is 2. The lowest BCUT2D eigenvalue weighted by molar-refractivity contribution is -0.118. The number of carbonyl (C=O) groups is 2. The highest BCUT2D eigenvalue weighted by molar-refractivity contribution is 6.04. The van der Waals surface area contributed by atoms with E-state index in [9.17, 15) is 9.59 Å². The SMILES string of the molecule is Cc1ccc(NC(=O)c2ccc(OCC(=O)Nc3ccccc3C)cc2)c(C)c1. The maximum atomic E-state index is 12.4. The van der Waals surface area contributed by atoms with Gasteiger partial charge in [-0.25, -0.2) is 0 Å². The first-order valence-electron chi connectivity index (χ1n) is 9.39. The lowest BCUT2D eigenvalue weighted by Gasteiger charge is -2.11. The van der Waals surface area contributed by atoms with Crippen LogP contribution in [-0.2, 0) is 4.79 Å². The van der Waals surface area contributed by atoms with Gasteiger partial charge in [0, 0.05) is 16.9 Å². The Morgan fingerprint density at radius 3 is 2.17 bits per heavy atom. The van der Waals surface area contributed by atoms with Crippen molar-refractivity contribution in [1.29, 1.82) is 0 Å². The molecule has 0 aliphatic rings. The summed E-state index contributed by atoms with van der Waals surface area (Å²) in [5.41, 5.74) is 5.21. The third-order valence-electron chi connectivity index (χ3n) is 4.54. The largest absolute Gasteiger partial charge is 0.484 e.